The number of nitrogens with zero attached hydrogens (tertiary/aromatic N) is 2. The lowest BCUT2D eigenvalue weighted by molar-refractivity contribution is 0.472. The molecule has 14 heavy (non-hydrogen) atoms. The molecule has 0 saturated heterocycles. The Morgan fingerprint density at radius 3 is 3.07 bits per heavy atom. The Morgan fingerprint density at radius 1 is 1.43 bits per heavy atom. The number of nitrogens with one attached hydrogen (secondary N) is 1. The van der Waals surface area contributed by atoms with E-state index in [1.165, 1.54) is 24.4 Å². The van der Waals surface area contributed by atoms with Gasteiger partial charge in [0.2, 0.25) is 0 Å². The highest BCUT2D eigenvalue weighted by Gasteiger charge is 2.35. The number of anilines is 1. The van der Waals surface area contributed by atoms with Crippen molar-refractivity contribution in [3.8, 4) is 0 Å². The molecule has 74 valence electrons. The van der Waals surface area contributed by atoms with Crippen molar-refractivity contribution in [2.75, 3.05) is 11.9 Å². The number of fused-ring (bicyclic) bond motifs is 2. The van der Waals surface area contributed by atoms with Crippen LogP contribution in [0.5, 0.6) is 0 Å². The van der Waals surface area contributed by atoms with Crippen LogP contribution in [0.15, 0.2) is 18.3 Å². The van der Waals surface area contributed by atoms with E-state index in [0.717, 1.165) is 29.3 Å². The van der Waals surface area contributed by atoms with E-state index in [4.69, 9.17) is 0 Å². The molecule has 0 aromatic carbocycles. The van der Waals surface area contributed by atoms with Crippen molar-refractivity contribution in [1.82, 2.24) is 9.59 Å². The van der Waals surface area contributed by atoms with E-state index in [-0.39, 0.29) is 0 Å². The summed E-state index contributed by atoms with van der Waals surface area (Å²) >= 11 is 1.44. The molecule has 0 spiro atoms. The highest BCUT2D eigenvalue weighted by Crippen LogP contribution is 2.43. The lowest BCUT2D eigenvalue weighted by Crippen LogP contribution is -2.17. The second kappa shape index (κ2) is 3.35. The zero-order valence-corrected chi connectivity index (χ0v) is 8.70. The Bertz CT molecular complexity index is 333. The Hall–Kier alpha value is -0.900. The Labute approximate surface area is 87.4 Å². The predicted molar refractivity (Wildman–Crippen MR) is 57.2 cm³/mol. The van der Waals surface area contributed by atoms with Gasteiger partial charge in [0.25, 0.3) is 0 Å². The van der Waals surface area contributed by atoms with Gasteiger partial charge in [-0.1, -0.05) is 16.6 Å². The van der Waals surface area contributed by atoms with Crippen molar-refractivity contribution in [2.24, 2.45) is 17.8 Å². The second-order valence-corrected chi connectivity index (χ2v) is 4.99. The third-order valence-electron chi connectivity index (χ3n) is 3.32. The van der Waals surface area contributed by atoms with Gasteiger partial charge in [-0.25, -0.2) is 0 Å². The molecule has 3 nitrogen and oxygen atoms in total. The molecule has 4 heteroatoms. The van der Waals surface area contributed by atoms with Gasteiger partial charge < -0.3 is 5.32 Å². The van der Waals surface area contributed by atoms with Crippen LogP contribution >= 0.6 is 11.5 Å². The summed E-state index contributed by atoms with van der Waals surface area (Å²) in [4.78, 5) is 0. The molecule has 1 saturated carbocycles. The molecule has 2 bridgehead atoms. The Balaban J connectivity index is 1.57. The topological polar surface area (TPSA) is 37.8 Å². The quantitative estimate of drug-likeness (QED) is 0.772. The molecule has 2 aliphatic rings. The molecule has 1 fully saturated rings. The summed E-state index contributed by atoms with van der Waals surface area (Å²) in [6.45, 7) is 1.08. The molecule has 0 radical (unpaired) electrons. The number of aromatic nitrogens is 2. The van der Waals surface area contributed by atoms with Gasteiger partial charge in [0.1, 0.15) is 5.00 Å². The first-order valence-electron chi connectivity index (χ1n) is 5.11. The zero-order valence-electron chi connectivity index (χ0n) is 7.89. The van der Waals surface area contributed by atoms with Gasteiger partial charge in [0.05, 0.1) is 6.20 Å². The van der Waals surface area contributed by atoms with Gasteiger partial charge in [0, 0.05) is 18.1 Å². The fraction of sp³-hybridized carbons (Fsp3) is 0.600. The number of allylic oxidation sites excluding steroid dienone is 2. The normalized spacial score (nSPS) is 33.9. The molecular formula is C10H13N3S. The lowest BCUT2D eigenvalue weighted by atomic mass is 9.94. The van der Waals surface area contributed by atoms with Crippen LogP contribution in [0.2, 0.25) is 0 Å². The largest absolute Gasteiger partial charge is 0.374 e. The molecule has 3 rings (SSSR count). The average Bonchev–Trinajstić information content (AvgIpc) is 2.91. The summed E-state index contributed by atoms with van der Waals surface area (Å²) < 4.78 is 3.83. The SMILES string of the molecule is C1=CC2CC1CC2CNc1cnns1. The van der Waals surface area contributed by atoms with Gasteiger partial charge >= 0.3 is 0 Å². The van der Waals surface area contributed by atoms with Crippen LogP contribution in [-0.4, -0.2) is 16.1 Å². The molecule has 1 aromatic rings. The van der Waals surface area contributed by atoms with Gasteiger partial charge in [-0.2, -0.15) is 0 Å². The van der Waals surface area contributed by atoms with Crippen LogP contribution in [0, 0.1) is 17.8 Å². The molecule has 1 N–H and O–H groups in total. The van der Waals surface area contributed by atoms with Crippen molar-refractivity contribution in [3.63, 3.8) is 0 Å². The van der Waals surface area contributed by atoms with E-state index in [9.17, 15) is 0 Å². The zero-order chi connectivity index (χ0) is 9.38. The minimum absolute atomic E-state index is 0.826. The van der Waals surface area contributed by atoms with Crippen molar-refractivity contribution in [1.29, 1.82) is 0 Å². The molecule has 1 aromatic heterocycles. The van der Waals surface area contributed by atoms with Gasteiger partial charge in [0.15, 0.2) is 0 Å². The first kappa shape index (κ1) is 8.41. The monoisotopic (exact) mass is 207 g/mol. The number of hydrogen-bond acceptors (Lipinski definition) is 4. The summed E-state index contributed by atoms with van der Waals surface area (Å²) in [5, 5.41) is 8.31. The average molecular weight is 207 g/mol. The van der Waals surface area contributed by atoms with E-state index in [1.807, 2.05) is 0 Å². The number of hydrogen-bond donors (Lipinski definition) is 1. The van der Waals surface area contributed by atoms with E-state index in [1.54, 1.807) is 6.20 Å². The van der Waals surface area contributed by atoms with Crippen LogP contribution in [0.25, 0.3) is 0 Å². The van der Waals surface area contributed by atoms with E-state index in [2.05, 4.69) is 27.1 Å². The molecule has 2 aliphatic carbocycles. The molecule has 0 aliphatic heterocycles. The van der Waals surface area contributed by atoms with Crippen LogP contribution < -0.4 is 5.32 Å². The summed E-state index contributed by atoms with van der Waals surface area (Å²) in [7, 11) is 0. The smallest absolute Gasteiger partial charge is 0.130 e. The van der Waals surface area contributed by atoms with Gasteiger partial charge in [-0.05, 0) is 30.6 Å². The summed E-state index contributed by atoms with van der Waals surface area (Å²) in [6, 6.07) is 0. The molecular weight excluding hydrogens is 194 g/mol. The van der Waals surface area contributed by atoms with Gasteiger partial charge in [-0.15, -0.1) is 5.10 Å². The van der Waals surface area contributed by atoms with Crippen LogP contribution in [0.3, 0.4) is 0 Å². The van der Waals surface area contributed by atoms with Crippen molar-refractivity contribution in [3.05, 3.63) is 18.3 Å². The Morgan fingerprint density at radius 2 is 2.43 bits per heavy atom. The van der Waals surface area contributed by atoms with Crippen molar-refractivity contribution >= 4 is 16.5 Å². The van der Waals surface area contributed by atoms with Crippen LogP contribution in [0.4, 0.5) is 5.00 Å². The summed E-state index contributed by atoms with van der Waals surface area (Å²) in [6.07, 6.45) is 9.32. The van der Waals surface area contributed by atoms with Crippen molar-refractivity contribution in [2.45, 2.75) is 12.8 Å². The van der Waals surface area contributed by atoms with Crippen LogP contribution in [0.1, 0.15) is 12.8 Å². The molecule has 1 heterocycles. The van der Waals surface area contributed by atoms with E-state index in [0.29, 0.717) is 0 Å². The van der Waals surface area contributed by atoms with Crippen LogP contribution in [-0.2, 0) is 0 Å². The minimum Gasteiger partial charge on any atom is -0.374 e. The maximum atomic E-state index is 3.83. The van der Waals surface area contributed by atoms with E-state index < -0.39 is 0 Å². The third-order valence-corrected chi connectivity index (χ3v) is 3.94. The fourth-order valence-corrected chi connectivity index (χ4v) is 3.03. The standard InChI is InChI=1S/C10H13N3S/c1-2-8-3-7(1)4-9(8)5-11-10-6-12-13-14-10/h1-2,6-9,11H,3-5H2. The highest BCUT2D eigenvalue weighted by atomic mass is 32.1. The second-order valence-electron chi connectivity index (χ2n) is 4.20. The lowest BCUT2D eigenvalue weighted by Gasteiger charge is -2.17. The highest BCUT2D eigenvalue weighted by molar-refractivity contribution is 7.09. The minimum atomic E-state index is 0.826. The molecule has 3 atom stereocenters. The number of rotatable bonds is 3. The Kier molecular flexibility index (Phi) is 2.01. The van der Waals surface area contributed by atoms with Crippen molar-refractivity contribution < 1.29 is 0 Å². The fourth-order valence-electron chi connectivity index (χ4n) is 2.61. The molecule has 0 amide bonds. The first-order chi connectivity index (χ1) is 6.92. The molecule has 3 unspecified atom stereocenters. The summed E-state index contributed by atoms with van der Waals surface area (Å²) in [5.74, 6) is 2.52. The van der Waals surface area contributed by atoms with E-state index >= 15 is 0 Å². The third kappa shape index (κ3) is 1.43. The summed E-state index contributed by atoms with van der Waals surface area (Å²) in [5.41, 5.74) is 0. The van der Waals surface area contributed by atoms with Gasteiger partial charge in [-0.3, -0.25) is 0 Å². The first-order valence-corrected chi connectivity index (χ1v) is 5.89. The maximum absolute atomic E-state index is 3.83. The maximum Gasteiger partial charge on any atom is 0.130 e. The predicted octanol–water partition coefficient (Wildman–Crippen LogP) is 2.16.